The Labute approximate surface area is 172 Å². The molecular weight excluding hydrogens is 416 g/mol. The van der Waals surface area contributed by atoms with Gasteiger partial charge in [-0.1, -0.05) is 17.7 Å². The van der Waals surface area contributed by atoms with Gasteiger partial charge in [0.15, 0.2) is 5.76 Å². The molecule has 29 heavy (non-hydrogen) atoms. The highest BCUT2D eigenvalue weighted by Gasteiger charge is 2.28. The van der Waals surface area contributed by atoms with Gasteiger partial charge in [0.2, 0.25) is 0 Å². The van der Waals surface area contributed by atoms with E-state index in [0.29, 0.717) is 35.1 Å². The van der Waals surface area contributed by atoms with Crippen molar-refractivity contribution in [3.05, 3.63) is 52.9 Å². The number of H-pyrrole nitrogens is 1. The number of hydrogen-bond acceptors (Lipinski definition) is 5. The van der Waals surface area contributed by atoms with Crippen LogP contribution < -0.4 is 4.72 Å². The molecule has 0 unspecified atom stereocenters. The molecular formula is C19H19ClN4O4S. The molecule has 0 saturated carbocycles. The van der Waals surface area contributed by atoms with E-state index in [1.807, 2.05) is 0 Å². The number of carbonyl (C=O) groups excluding carboxylic acids is 1. The second-order valence-corrected chi connectivity index (χ2v) is 8.89. The summed E-state index contributed by atoms with van der Waals surface area (Å²) in [7, 11) is -3.91. The first-order valence-corrected chi connectivity index (χ1v) is 10.9. The number of nitrogens with one attached hydrogen (secondary N) is 2. The molecule has 8 nitrogen and oxygen atoms in total. The standard InChI is InChI=1S/C19H19ClN4O4S/c1-12-17(29(26,27)23-14-6-4-5-13(20)9-14)10-16(28-12)18-15(11-21-22-18)19(25)24-7-2-3-8-24/h4-6,9-11,23H,2-3,7-8H2,1H3,(H,21,22). The Kier molecular flexibility index (Phi) is 5.10. The van der Waals surface area contributed by atoms with Crippen LogP contribution in [0.3, 0.4) is 0 Å². The molecule has 1 fully saturated rings. The molecule has 1 aliphatic rings. The van der Waals surface area contributed by atoms with Gasteiger partial charge in [-0.15, -0.1) is 0 Å². The molecule has 1 aliphatic heterocycles. The second-order valence-electron chi connectivity index (χ2n) is 6.80. The summed E-state index contributed by atoms with van der Waals surface area (Å²) in [6.45, 7) is 2.95. The molecule has 0 bridgehead atoms. The molecule has 2 N–H and O–H groups in total. The zero-order valence-electron chi connectivity index (χ0n) is 15.6. The zero-order valence-corrected chi connectivity index (χ0v) is 17.2. The van der Waals surface area contributed by atoms with E-state index in [4.69, 9.17) is 16.0 Å². The number of hydrogen-bond donors (Lipinski definition) is 2. The molecule has 10 heteroatoms. The van der Waals surface area contributed by atoms with Crippen molar-refractivity contribution in [2.45, 2.75) is 24.7 Å². The lowest BCUT2D eigenvalue weighted by Crippen LogP contribution is -2.27. The van der Waals surface area contributed by atoms with E-state index >= 15 is 0 Å². The Balaban J connectivity index is 1.65. The van der Waals surface area contributed by atoms with Gasteiger partial charge in [-0.3, -0.25) is 14.6 Å². The molecule has 152 valence electrons. The summed E-state index contributed by atoms with van der Waals surface area (Å²) >= 11 is 5.92. The van der Waals surface area contributed by atoms with Crippen LogP contribution in [-0.4, -0.2) is 42.5 Å². The fraction of sp³-hybridized carbons (Fsp3) is 0.263. The molecule has 1 aromatic carbocycles. The number of aromatic amines is 1. The van der Waals surface area contributed by atoms with Crippen LogP contribution in [0.25, 0.3) is 11.5 Å². The van der Waals surface area contributed by atoms with Crippen LogP contribution in [-0.2, 0) is 10.0 Å². The van der Waals surface area contributed by atoms with Crippen molar-refractivity contribution in [1.82, 2.24) is 15.1 Å². The topological polar surface area (TPSA) is 108 Å². The molecule has 0 radical (unpaired) electrons. The Bertz CT molecular complexity index is 1160. The van der Waals surface area contributed by atoms with E-state index in [-0.39, 0.29) is 22.3 Å². The van der Waals surface area contributed by atoms with Gasteiger partial charge in [-0.25, -0.2) is 8.42 Å². The maximum Gasteiger partial charge on any atom is 0.265 e. The van der Waals surface area contributed by atoms with Crippen LogP contribution in [0.2, 0.25) is 5.02 Å². The first-order valence-electron chi connectivity index (χ1n) is 9.07. The average molecular weight is 435 g/mol. The van der Waals surface area contributed by atoms with Crippen LogP contribution >= 0.6 is 11.6 Å². The van der Waals surface area contributed by atoms with Crippen LogP contribution in [0.4, 0.5) is 5.69 Å². The highest BCUT2D eigenvalue weighted by molar-refractivity contribution is 7.92. The highest BCUT2D eigenvalue weighted by Crippen LogP contribution is 2.31. The van der Waals surface area contributed by atoms with Gasteiger partial charge in [0, 0.05) is 24.2 Å². The Morgan fingerprint density at radius 3 is 2.76 bits per heavy atom. The van der Waals surface area contributed by atoms with E-state index in [2.05, 4.69) is 14.9 Å². The second kappa shape index (κ2) is 7.57. The van der Waals surface area contributed by atoms with Crippen LogP contribution in [0.15, 0.2) is 45.8 Å². The van der Waals surface area contributed by atoms with Crippen molar-refractivity contribution >= 4 is 33.2 Å². The van der Waals surface area contributed by atoms with E-state index in [1.165, 1.54) is 18.3 Å². The number of sulfonamides is 1. The molecule has 1 amide bonds. The fourth-order valence-electron chi connectivity index (χ4n) is 3.34. The number of rotatable bonds is 5. The Morgan fingerprint density at radius 1 is 1.28 bits per heavy atom. The number of furan rings is 1. The number of nitrogens with zero attached hydrogens (tertiary/aromatic N) is 2. The number of aryl methyl sites for hydroxylation is 1. The van der Waals surface area contributed by atoms with Gasteiger partial charge in [-0.2, -0.15) is 5.10 Å². The minimum Gasteiger partial charge on any atom is -0.458 e. The summed E-state index contributed by atoms with van der Waals surface area (Å²) < 4.78 is 33.8. The molecule has 0 atom stereocenters. The Hall–Kier alpha value is -2.78. The number of anilines is 1. The fourth-order valence-corrected chi connectivity index (χ4v) is 4.76. The highest BCUT2D eigenvalue weighted by atomic mass is 35.5. The molecule has 4 rings (SSSR count). The number of benzene rings is 1. The third-order valence-electron chi connectivity index (χ3n) is 4.75. The summed E-state index contributed by atoms with van der Waals surface area (Å²) in [4.78, 5) is 14.5. The summed E-state index contributed by atoms with van der Waals surface area (Å²) in [5.74, 6) is 0.277. The number of carbonyl (C=O) groups is 1. The van der Waals surface area contributed by atoms with Gasteiger partial charge in [-0.05, 0) is 38.0 Å². The van der Waals surface area contributed by atoms with E-state index < -0.39 is 10.0 Å². The first kappa shape index (κ1) is 19.5. The number of aromatic nitrogens is 2. The van der Waals surface area contributed by atoms with Crippen molar-refractivity contribution in [1.29, 1.82) is 0 Å². The normalized spacial score (nSPS) is 14.3. The maximum atomic E-state index is 12.8. The third kappa shape index (κ3) is 3.88. The quantitative estimate of drug-likeness (QED) is 0.636. The van der Waals surface area contributed by atoms with Gasteiger partial charge in [0.25, 0.3) is 15.9 Å². The summed E-state index contributed by atoms with van der Waals surface area (Å²) in [6.07, 6.45) is 3.37. The monoisotopic (exact) mass is 434 g/mol. The third-order valence-corrected chi connectivity index (χ3v) is 6.47. The van der Waals surface area contributed by atoms with Crippen LogP contribution in [0, 0.1) is 6.92 Å². The SMILES string of the molecule is Cc1oc(-c2[nH]ncc2C(=O)N2CCCC2)cc1S(=O)(=O)Nc1cccc(Cl)c1. The van der Waals surface area contributed by atoms with E-state index in [9.17, 15) is 13.2 Å². The van der Waals surface area contributed by atoms with Crippen LogP contribution in [0.5, 0.6) is 0 Å². The smallest absolute Gasteiger partial charge is 0.265 e. The average Bonchev–Trinajstić information content (AvgIpc) is 3.41. The first-order chi connectivity index (χ1) is 13.8. The predicted molar refractivity (Wildman–Crippen MR) is 108 cm³/mol. The predicted octanol–water partition coefficient (Wildman–Crippen LogP) is 3.67. The van der Waals surface area contributed by atoms with Crippen molar-refractivity contribution < 1.29 is 17.6 Å². The molecule has 2 aromatic heterocycles. The summed E-state index contributed by atoms with van der Waals surface area (Å²) in [6, 6.07) is 7.79. The van der Waals surface area contributed by atoms with Crippen molar-refractivity contribution in [2.75, 3.05) is 17.8 Å². The van der Waals surface area contributed by atoms with Gasteiger partial charge >= 0.3 is 0 Å². The number of likely N-dealkylation sites (tertiary alicyclic amines) is 1. The lowest BCUT2D eigenvalue weighted by molar-refractivity contribution is 0.0793. The maximum absolute atomic E-state index is 12.8. The molecule has 0 spiro atoms. The van der Waals surface area contributed by atoms with Crippen molar-refractivity contribution in [3.8, 4) is 11.5 Å². The zero-order chi connectivity index (χ0) is 20.6. The number of halogens is 1. The lowest BCUT2D eigenvalue weighted by atomic mass is 10.2. The van der Waals surface area contributed by atoms with Crippen molar-refractivity contribution in [3.63, 3.8) is 0 Å². The van der Waals surface area contributed by atoms with E-state index in [0.717, 1.165) is 12.8 Å². The van der Waals surface area contributed by atoms with Gasteiger partial charge in [0.1, 0.15) is 16.3 Å². The minimum absolute atomic E-state index is 0.0263. The molecule has 3 aromatic rings. The summed E-state index contributed by atoms with van der Waals surface area (Å²) in [5.41, 5.74) is 1.05. The molecule has 3 heterocycles. The minimum atomic E-state index is -3.91. The van der Waals surface area contributed by atoms with Crippen molar-refractivity contribution in [2.24, 2.45) is 0 Å². The van der Waals surface area contributed by atoms with E-state index in [1.54, 1.807) is 30.0 Å². The van der Waals surface area contributed by atoms with Gasteiger partial charge < -0.3 is 9.32 Å². The summed E-state index contributed by atoms with van der Waals surface area (Å²) in [5, 5.41) is 7.12. The molecule has 1 saturated heterocycles. The van der Waals surface area contributed by atoms with Gasteiger partial charge in [0.05, 0.1) is 17.4 Å². The van der Waals surface area contributed by atoms with Crippen LogP contribution in [0.1, 0.15) is 29.0 Å². The lowest BCUT2D eigenvalue weighted by Gasteiger charge is -2.14. The number of amides is 1. The molecule has 0 aliphatic carbocycles. The largest absolute Gasteiger partial charge is 0.458 e. The Morgan fingerprint density at radius 2 is 2.03 bits per heavy atom.